The molecule has 2 aliphatic heterocycles. The zero-order chi connectivity index (χ0) is 20.1. The third-order valence-corrected chi connectivity index (χ3v) is 6.39. The van der Waals surface area contributed by atoms with Gasteiger partial charge in [-0.1, -0.05) is 30.3 Å². The lowest BCUT2D eigenvalue weighted by Crippen LogP contribution is -2.41. The SMILES string of the molecule is O=C(c1ccc(CN2CCCC2)o1)N1CCC([C@H](O)CCc2ccccc2)CC1. The van der Waals surface area contributed by atoms with E-state index in [1.54, 1.807) is 0 Å². The largest absolute Gasteiger partial charge is 0.455 e. The Labute approximate surface area is 173 Å². The Morgan fingerprint density at radius 2 is 1.76 bits per heavy atom. The van der Waals surface area contributed by atoms with Crippen LogP contribution in [0.5, 0.6) is 0 Å². The minimum atomic E-state index is -0.303. The second kappa shape index (κ2) is 9.59. The van der Waals surface area contributed by atoms with Gasteiger partial charge < -0.3 is 14.4 Å². The van der Waals surface area contributed by atoms with Crippen LogP contribution in [0.25, 0.3) is 0 Å². The van der Waals surface area contributed by atoms with Crippen molar-refractivity contribution in [1.82, 2.24) is 9.80 Å². The predicted octanol–water partition coefficient (Wildman–Crippen LogP) is 3.72. The van der Waals surface area contributed by atoms with E-state index in [0.717, 1.165) is 51.1 Å². The topological polar surface area (TPSA) is 56.9 Å². The monoisotopic (exact) mass is 396 g/mol. The van der Waals surface area contributed by atoms with Crippen molar-refractivity contribution in [3.05, 3.63) is 59.5 Å². The Kier molecular flexibility index (Phi) is 6.67. The third kappa shape index (κ3) is 5.28. The molecule has 0 aliphatic carbocycles. The van der Waals surface area contributed by atoms with E-state index in [1.165, 1.54) is 18.4 Å². The minimum absolute atomic E-state index is 0.0186. The molecule has 1 N–H and O–H groups in total. The fourth-order valence-corrected chi connectivity index (χ4v) is 4.58. The normalized spacial score (nSPS) is 19.6. The van der Waals surface area contributed by atoms with Crippen molar-refractivity contribution < 1.29 is 14.3 Å². The summed E-state index contributed by atoms with van der Waals surface area (Å²) in [5.74, 6) is 1.57. The Morgan fingerprint density at radius 1 is 1.03 bits per heavy atom. The summed E-state index contributed by atoms with van der Waals surface area (Å²) in [6.45, 7) is 4.40. The lowest BCUT2D eigenvalue weighted by atomic mass is 9.88. The highest BCUT2D eigenvalue weighted by molar-refractivity contribution is 5.91. The lowest BCUT2D eigenvalue weighted by molar-refractivity contribution is 0.0417. The van der Waals surface area contributed by atoms with E-state index >= 15 is 0 Å². The van der Waals surface area contributed by atoms with Crippen molar-refractivity contribution in [2.45, 2.75) is 51.2 Å². The average molecular weight is 397 g/mol. The first-order valence-electron chi connectivity index (χ1n) is 11.0. The molecule has 0 spiro atoms. The van der Waals surface area contributed by atoms with Crippen LogP contribution in [0.4, 0.5) is 0 Å². The number of aliphatic hydroxyl groups is 1. The quantitative estimate of drug-likeness (QED) is 0.775. The van der Waals surface area contributed by atoms with Crippen LogP contribution < -0.4 is 0 Å². The summed E-state index contributed by atoms with van der Waals surface area (Å²) in [6.07, 6.45) is 5.57. The van der Waals surface area contributed by atoms with Crippen molar-refractivity contribution in [2.24, 2.45) is 5.92 Å². The van der Waals surface area contributed by atoms with Crippen LogP contribution in [0, 0.1) is 5.92 Å². The first-order chi connectivity index (χ1) is 14.2. The number of amides is 1. The molecule has 1 amide bonds. The molecular weight excluding hydrogens is 364 g/mol. The van der Waals surface area contributed by atoms with Crippen LogP contribution in [0.3, 0.4) is 0 Å². The zero-order valence-electron chi connectivity index (χ0n) is 17.1. The molecule has 3 heterocycles. The number of carbonyl (C=O) groups is 1. The van der Waals surface area contributed by atoms with Gasteiger partial charge in [-0.05, 0) is 75.2 Å². The van der Waals surface area contributed by atoms with Gasteiger partial charge >= 0.3 is 0 Å². The summed E-state index contributed by atoms with van der Waals surface area (Å²) < 4.78 is 5.84. The highest BCUT2D eigenvalue weighted by Gasteiger charge is 2.29. The van der Waals surface area contributed by atoms with E-state index in [1.807, 2.05) is 35.2 Å². The van der Waals surface area contributed by atoms with Crippen LogP contribution in [0.1, 0.15) is 54.0 Å². The first kappa shape index (κ1) is 20.2. The Hall–Kier alpha value is -2.11. The van der Waals surface area contributed by atoms with Gasteiger partial charge in [-0.15, -0.1) is 0 Å². The molecule has 2 aliphatic rings. The van der Waals surface area contributed by atoms with Crippen molar-refractivity contribution in [2.75, 3.05) is 26.2 Å². The van der Waals surface area contributed by atoms with E-state index in [9.17, 15) is 9.90 Å². The Morgan fingerprint density at radius 3 is 2.48 bits per heavy atom. The number of piperidine rings is 1. The van der Waals surface area contributed by atoms with Gasteiger partial charge in [-0.3, -0.25) is 9.69 Å². The number of likely N-dealkylation sites (tertiary alicyclic amines) is 2. The molecule has 0 radical (unpaired) electrons. The molecule has 0 saturated carbocycles. The molecule has 2 fully saturated rings. The molecule has 2 aromatic rings. The molecule has 1 atom stereocenters. The number of aliphatic hydroxyl groups excluding tert-OH is 1. The van der Waals surface area contributed by atoms with Crippen LogP contribution >= 0.6 is 0 Å². The average Bonchev–Trinajstić information content (AvgIpc) is 3.45. The predicted molar refractivity (Wildman–Crippen MR) is 113 cm³/mol. The summed E-state index contributed by atoms with van der Waals surface area (Å²) in [6, 6.07) is 14.1. The van der Waals surface area contributed by atoms with Crippen molar-refractivity contribution in [3.8, 4) is 0 Å². The fraction of sp³-hybridized carbons (Fsp3) is 0.542. The van der Waals surface area contributed by atoms with E-state index in [0.29, 0.717) is 18.8 Å². The molecule has 29 heavy (non-hydrogen) atoms. The summed E-state index contributed by atoms with van der Waals surface area (Å²) in [5.41, 5.74) is 1.27. The maximum Gasteiger partial charge on any atom is 0.289 e. The van der Waals surface area contributed by atoms with Gasteiger partial charge in [0.2, 0.25) is 0 Å². The minimum Gasteiger partial charge on any atom is -0.455 e. The summed E-state index contributed by atoms with van der Waals surface area (Å²) in [4.78, 5) is 17.0. The number of furan rings is 1. The van der Waals surface area contributed by atoms with E-state index in [2.05, 4.69) is 17.0 Å². The maximum atomic E-state index is 12.8. The molecule has 0 bridgehead atoms. The molecule has 156 valence electrons. The molecule has 4 rings (SSSR count). The lowest BCUT2D eigenvalue weighted by Gasteiger charge is -2.34. The number of rotatable bonds is 7. The van der Waals surface area contributed by atoms with E-state index in [-0.39, 0.29) is 17.9 Å². The van der Waals surface area contributed by atoms with Gasteiger partial charge in [0.15, 0.2) is 5.76 Å². The van der Waals surface area contributed by atoms with Gasteiger partial charge in [0.25, 0.3) is 5.91 Å². The number of carbonyl (C=O) groups excluding carboxylic acids is 1. The molecular formula is C24H32N2O3. The fourth-order valence-electron chi connectivity index (χ4n) is 4.58. The standard InChI is InChI=1S/C24H32N2O3/c27-22(10-8-19-6-2-1-3-7-19)20-12-16-26(17-13-20)24(28)23-11-9-21(29-23)18-25-14-4-5-15-25/h1-3,6-7,9,11,20,22,27H,4-5,8,10,12-18H2/t22-/m1/s1. The van der Waals surface area contributed by atoms with E-state index < -0.39 is 0 Å². The molecule has 5 nitrogen and oxygen atoms in total. The summed E-state index contributed by atoms with van der Waals surface area (Å²) in [5, 5.41) is 10.6. The van der Waals surface area contributed by atoms with Crippen LogP contribution in [-0.2, 0) is 13.0 Å². The van der Waals surface area contributed by atoms with Crippen molar-refractivity contribution in [1.29, 1.82) is 0 Å². The molecule has 5 heteroatoms. The van der Waals surface area contributed by atoms with Gasteiger partial charge in [0.1, 0.15) is 5.76 Å². The highest BCUT2D eigenvalue weighted by atomic mass is 16.4. The van der Waals surface area contributed by atoms with Gasteiger partial charge in [0.05, 0.1) is 12.6 Å². The molecule has 0 unspecified atom stereocenters. The van der Waals surface area contributed by atoms with Crippen LogP contribution in [0.15, 0.2) is 46.9 Å². The van der Waals surface area contributed by atoms with E-state index in [4.69, 9.17) is 4.42 Å². The number of nitrogens with zero attached hydrogens (tertiary/aromatic N) is 2. The van der Waals surface area contributed by atoms with Crippen LogP contribution in [-0.4, -0.2) is 53.1 Å². The molecule has 1 aromatic heterocycles. The number of aryl methyl sites for hydroxylation is 1. The number of benzene rings is 1. The van der Waals surface area contributed by atoms with Crippen molar-refractivity contribution in [3.63, 3.8) is 0 Å². The smallest absolute Gasteiger partial charge is 0.289 e. The number of hydrogen-bond donors (Lipinski definition) is 1. The molecule has 2 saturated heterocycles. The van der Waals surface area contributed by atoms with Crippen LogP contribution in [0.2, 0.25) is 0 Å². The summed E-state index contributed by atoms with van der Waals surface area (Å²) in [7, 11) is 0. The van der Waals surface area contributed by atoms with Gasteiger partial charge in [-0.2, -0.15) is 0 Å². The van der Waals surface area contributed by atoms with Gasteiger partial charge in [-0.25, -0.2) is 0 Å². The van der Waals surface area contributed by atoms with Crippen molar-refractivity contribution >= 4 is 5.91 Å². The third-order valence-electron chi connectivity index (χ3n) is 6.39. The van der Waals surface area contributed by atoms with Gasteiger partial charge in [0, 0.05) is 13.1 Å². The zero-order valence-corrected chi connectivity index (χ0v) is 17.1. The number of hydrogen-bond acceptors (Lipinski definition) is 4. The second-order valence-corrected chi connectivity index (χ2v) is 8.47. The summed E-state index contributed by atoms with van der Waals surface area (Å²) >= 11 is 0. The molecule has 1 aromatic carbocycles. The highest BCUT2D eigenvalue weighted by Crippen LogP contribution is 2.25. The Bertz CT molecular complexity index is 774. The maximum absolute atomic E-state index is 12.8. The Balaban J connectivity index is 1.23. The second-order valence-electron chi connectivity index (χ2n) is 8.47. The first-order valence-corrected chi connectivity index (χ1v) is 11.0.